The van der Waals surface area contributed by atoms with Gasteiger partial charge < -0.3 is 20.1 Å². The number of ether oxygens (including phenoxy) is 2. The van der Waals surface area contributed by atoms with E-state index in [1.807, 2.05) is 36.4 Å². The van der Waals surface area contributed by atoms with E-state index >= 15 is 0 Å². The summed E-state index contributed by atoms with van der Waals surface area (Å²) < 4.78 is 10.5. The van der Waals surface area contributed by atoms with Gasteiger partial charge in [0, 0.05) is 12.2 Å². The molecule has 7 heteroatoms. The third-order valence-electron chi connectivity index (χ3n) is 4.30. The molecule has 0 aromatic heterocycles. The highest BCUT2D eigenvalue weighted by atomic mass is 16.6. The van der Waals surface area contributed by atoms with Crippen molar-refractivity contribution < 1.29 is 23.9 Å². The lowest BCUT2D eigenvalue weighted by Gasteiger charge is -2.14. The molecule has 1 aliphatic heterocycles. The fourth-order valence-corrected chi connectivity index (χ4v) is 2.76. The van der Waals surface area contributed by atoms with Gasteiger partial charge in [0.2, 0.25) is 11.7 Å². The molecule has 1 atom stereocenters. The summed E-state index contributed by atoms with van der Waals surface area (Å²) in [6.07, 6.45) is -0.382. The van der Waals surface area contributed by atoms with Crippen molar-refractivity contribution in [1.82, 2.24) is 5.32 Å². The molecule has 0 saturated heterocycles. The van der Waals surface area contributed by atoms with Gasteiger partial charge in [0.1, 0.15) is 0 Å². The first-order chi connectivity index (χ1) is 14.0. The number of benzene rings is 2. The summed E-state index contributed by atoms with van der Waals surface area (Å²) >= 11 is 0. The number of rotatable bonds is 8. The SMILES string of the molecule is C[C@H](OC(=O)C1=C(Nc2ccccc2)OCC1=O)C(=O)NCCc1ccccc1. The van der Waals surface area contributed by atoms with Crippen LogP contribution in [0.4, 0.5) is 5.69 Å². The number of amides is 1. The Morgan fingerprint density at radius 2 is 1.72 bits per heavy atom. The molecule has 0 aliphatic carbocycles. The van der Waals surface area contributed by atoms with Gasteiger partial charge in [-0.3, -0.25) is 9.59 Å². The molecule has 1 aliphatic rings. The van der Waals surface area contributed by atoms with Crippen LogP contribution >= 0.6 is 0 Å². The smallest absolute Gasteiger partial charge is 0.348 e. The highest BCUT2D eigenvalue weighted by molar-refractivity contribution is 6.20. The molecule has 29 heavy (non-hydrogen) atoms. The van der Waals surface area contributed by atoms with Gasteiger partial charge >= 0.3 is 5.97 Å². The van der Waals surface area contributed by atoms with Crippen molar-refractivity contribution in [2.45, 2.75) is 19.4 Å². The quantitative estimate of drug-likeness (QED) is 0.527. The predicted octanol–water partition coefficient (Wildman–Crippen LogP) is 2.20. The fraction of sp³-hybridized carbons (Fsp3) is 0.227. The van der Waals surface area contributed by atoms with Crippen molar-refractivity contribution in [2.24, 2.45) is 0 Å². The summed E-state index contributed by atoms with van der Waals surface area (Å²) in [5, 5.41) is 5.62. The number of ketones is 1. The van der Waals surface area contributed by atoms with Gasteiger partial charge in [-0.1, -0.05) is 48.5 Å². The molecular formula is C22H22N2O5. The summed E-state index contributed by atoms with van der Waals surface area (Å²) in [6, 6.07) is 18.7. The molecule has 0 bridgehead atoms. The Bertz CT molecular complexity index is 909. The van der Waals surface area contributed by atoms with Gasteiger partial charge in [-0.15, -0.1) is 0 Å². The van der Waals surface area contributed by atoms with Crippen molar-refractivity contribution in [1.29, 1.82) is 0 Å². The molecule has 2 N–H and O–H groups in total. The normalized spacial score (nSPS) is 14.2. The van der Waals surface area contributed by atoms with Crippen molar-refractivity contribution in [3.05, 3.63) is 77.7 Å². The van der Waals surface area contributed by atoms with Gasteiger partial charge in [-0.25, -0.2) is 4.79 Å². The molecular weight excluding hydrogens is 372 g/mol. The minimum absolute atomic E-state index is 0.0304. The number of anilines is 1. The molecule has 0 saturated carbocycles. The number of esters is 1. The Kier molecular flexibility index (Phi) is 6.63. The molecule has 0 radical (unpaired) electrons. The van der Waals surface area contributed by atoms with Gasteiger partial charge in [0.05, 0.1) is 0 Å². The minimum atomic E-state index is -1.04. The van der Waals surface area contributed by atoms with Crippen LogP contribution < -0.4 is 10.6 Å². The Labute approximate surface area is 168 Å². The Morgan fingerprint density at radius 3 is 2.41 bits per heavy atom. The first-order valence-corrected chi connectivity index (χ1v) is 9.29. The number of para-hydroxylation sites is 1. The van der Waals surface area contributed by atoms with Gasteiger partial charge in [0.15, 0.2) is 18.3 Å². The van der Waals surface area contributed by atoms with E-state index in [9.17, 15) is 14.4 Å². The second-order valence-corrected chi connectivity index (χ2v) is 6.48. The second-order valence-electron chi connectivity index (χ2n) is 6.48. The molecule has 0 fully saturated rings. The Hall–Kier alpha value is -3.61. The maximum absolute atomic E-state index is 12.5. The number of carbonyl (C=O) groups is 3. The van der Waals surface area contributed by atoms with Crippen LogP contribution in [0.25, 0.3) is 0 Å². The van der Waals surface area contributed by atoms with E-state index in [4.69, 9.17) is 9.47 Å². The molecule has 7 nitrogen and oxygen atoms in total. The van der Waals surface area contributed by atoms with E-state index in [-0.39, 0.29) is 18.1 Å². The number of carbonyl (C=O) groups excluding carboxylic acids is 3. The van der Waals surface area contributed by atoms with E-state index in [0.29, 0.717) is 18.7 Å². The Balaban J connectivity index is 1.56. The van der Waals surface area contributed by atoms with Crippen LogP contribution in [-0.4, -0.2) is 36.9 Å². The summed E-state index contributed by atoms with van der Waals surface area (Å²) in [7, 11) is 0. The third-order valence-corrected chi connectivity index (χ3v) is 4.30. The number of Topliss-reactive ketones (excluding diaryl/α,β-unsaturated/α-hetero) is 1. The van der Waals surface area contributed by atoms with Crippen LogP contribution in [0.2, 0.25) is 0 Å². The zero-order valence-electron chi connectivity index (χ0n) is 16.0. The summed E-state index contributed by atoms with van der Waals surface area (Å²) in [5.41, 5.74) is 1.53. The molecule has 0 spiro atoms. The lowest BCUT2D eigenvalue weighted by Crippen LogP contribution is -2.37. The van der Waals surface area contributed by atoms with Crippen LogP contribution in [0.15, 0.2) is 72.1 Å². The summed E-state index contributed by atoms with van der Waals surface area (Å²) in [4.78, 5) is 36.7. The van der Waals surface area contributed by atoms with Crippen LogP contribution in [0.5, 0.6) is 0 Å². The van der Waals surface area contributed by atoms with E-state index in [1.54, 1.807) is 24.3 Å². The minimum Gasteiger partial charge on any atom is -0.470 e. The highest BCUT2D eigenvalue weighted by Crippen LogP contribution is 2.21. The number of hydrogen-bond acceptors (Lipinski definition) is 6. The van der Waals surface area contributed by atoms with Crippen molar-refractivity contribution in [2.75, 3.05) is 18.5 Å². The van der Waals surface area contributed by atoms with Gasteiger partial charge in [0.25, 0.3) is 5.91 Å². The maximum atomic E-state index is 12.5. The predicted molar refractivity (Wildman–Crippen MR) is 107 cm³/mol. The monoisotopic (exact) mass is 394 g/mol. The van der Waals surface area contributed by atoms with Crippen molar-refractivity contribution >= 4 is 23.3 Å². The van der Waals surface area contributed by atoms with Crippen LogP contribution in [0, 0.1) is 0 Å². The lowest BCUT2D eigenvalue weighted by atomic mass is 10.1. The summed E-state index contributed by atoms with van der Waals surface area (Å²) in [5.74, 6) is -1.79. The van der Waals surface area contributed by atoms with E-state index in [1.165, 1.54) is 6.92 Å². The standard InChI is InChI=1S/C22H22N2O5/c1-15(20(26)23-13-12-16-8-4-2-5-9-16)29-22(27)19-18(25)14-28-21(19)24-17-10-6-3-7-11-17/h2-11,15,24H,12-14H2,1H3,(H,23,26)/t15-/m0/s1. The second kappa shape index (κ2) is 9.54. The zero-order chi connectivity index (χ0) is 20.6. The molecule has 1 amide bonds. The molecule has 2 aromatic rings. The topological polar surface area (TPSA) is 93.7 Å². The van der Waals surface area contributed by atoms with Crippen molar-refractivity contribution in [3.8, 4) is 0 Å². The van der Waals surface area contributed by atoms with Gasteiger partial charge in [-0.2, -0.15) is 0 Å². The maximum Gasteiger partial charge on any atom is 0.348 e. The van der Waals surface area contributed by atoms with Crippen LogP contribution in [0.1, 0.15) is 12.5 Å². The molecule has 3 rings (SSSR count). The largest absolute Gasteiger partial charge is 0.470 e. The van der Waals surface area contributed by atoms with Crippen LogP contribution in [-0.2, 0) is 30.3 Å². The average molecular weight is 394 g/mol. The fourth-order valence-electron chi connectivity index (χ4n) is 2.76. The van der Waals surface area contributed by atoms with E-state index in [0.717, 1.165) is 5.56 Å². The first-order valence-electron chi connectivity index (χ1n) is 9.29. The summed E-state index contributed by atoms with van der Waals surface area (Å²) in [6.45, 7) is 1.62. The highest BCUT2D eigenvalue weighted by Gasteiger charge is 2.34. The molecule has 0 unspecified atom stereocenters. The average Bonchev–Trinajstić information content (AvgIpc) is 3.09. The number of nitrogens with one attached hydrogen (secondary N) is 2. The molecule has 150 valence electrons. The van der Waals surface area contributed by atoms with Crippen LogP contribution in [0.3, 0.4) is 0 Å². The Morgan fingerprint density at radius 1 is 1.07 bits per heavy atom. The third kappa shape index (κ3) is 5.44. The van der Waals surface area contributed by atoms with E-state index < -0.39 is 23.8 Å². The molecule has 1 heterocycles. The van der Waals surface area contributed by atoms with Crippen molar-refractivity contribution in [3.63, 3.8) is 0 Å². The van der Waals surface area contributed by atoms with E-state index in [2.05, 4.69) is 10.6 Å². The first kappa shape index (κ1) is 20.1. The zero-order valence-corrected chi connectivity index (χ0v) is 16.0. The lowest BCUT2D eigenvalue weighted by molar-refractivity contribution is -0.151. The van der Waals surface area contributed by atoms with Gasteiger partial charge in [-0.05, 0) is 31.0 Å². The number of hydrogen-bond donors (Lipinski definition) is 2. The molecule has 2 aromatic carbocycles.